The first-order chi connectivity index (χ1) is 10.1. The highest BCUT2D eigenvalue weighted by atomic mass is 16.6. The number of rotatable bonds is 7. The molecule has 2 N–H and O–H groups in total. The van der Waals surface area contributed by atoms with E-state index in [1.54, 1.807) is 0 Å². The molecule has 1 amide bonds. The first-order valence-corrected chi connectivity index (χ1v) is 7.40. The van der Waals surface area contributed by atoms with Crippen LogP contribution in [0.1, 0.15) is 49.8 Å². The van der Waals surface area contributed by atoms with Gasteiger partial charge in [-0.1, -0.05) is 37.3 Å². The zero-order valence-corrected chi connectivity index (χ0v) is 12.3. The maximum Gasteiger partial charge on any atom is 0.338 e. The summed E-state index contributed by atoms with van der Waals surface area (Å²) in [5, 5.41) is 0. The van der Waals surface area contributed by atoms with E-state index in [-0.39, 0.29) is 18.0 Å². The maximum absolute atomic E-state index is 11.6. The Morgan fingerprint density at radius 2 is 2.10 bits per heavy atom. The van der Waals surface area contributed by atoms with Crippen molar-refractivity contribution in [2.75, 3.05) is 0 Å². The Kier molecular flexibility index (Phi) is 5.14. The molecule has 1 unspecified atom stereocenters. The Morgan fingerprint density at radius 1 is 1.33 bits per heavy atom. The van der Waals surface area contributed by atoms with Gasteiger partial charge in [-0.3, -0.25) is 4.79 Å². The third-order valence-corrected chi connectivity index (χ3v) is 3.70. The van der Waals surface area contributed by atoms with E-state index in [1.807, 2.05) is 24.3 Å². The average Bonchev–Trinajstić information content (AvgIpc) is 2.47. The summed E-state index contributed by atoms with van der Waals surface area (Å²) < 4.78 is 5.29. The highest BCUT2D eigenvalue weighted by Gasteiger charge is 2.37. The van der Waals surface area contributed by atoms with E-state index in [9.17, 15) is 9.59 Å². The summed E-state index contributed by atoms with van der Waals surface area (Å²) in [6.07, 6.45) is 5.38. The molecule has 1 saturated heterocycles. The molecule has 0 aromatic heterocycles. The van der Waals surface area contributed by atoms with Gasteiger partial charge in [0.05, 0.1) is 5.57 Å². The van der Waals surface area contributed by atoms with Gasteiger partial charge >= 0.3 is 5.97 Å². The Bertz CT molecular complexity index is 563. The van der Waals surface area contributed by atoms with Crippen LogP contribution in [0.25, 0.3) is 0 Å². The van der Waals surface area contributed by atoms with Gasteiger partial charge in [-0.25, -0.2) is 4.79 Å². The number of esters is 1. The predicted molar refractivity (Wildman–Crippen MR) is 80.4 cm³/mol. The van der Waals surface area contributed by atoms with Crippen molar-refractivity contribution >= 4 is 11.9 Å². The monoisotopic (exact) mass is 287 g/mol. The summed E-state index contributed by atoms with van der Waals surface area (Å²) in [4.78, 5) is 22.3. The summed E-state index contributed by atoms with van der Waals surface area (Å²) in [7, 11) is 0. The fourth-order valence-corrected chi connectivity index (χ4v) is 2.52. The number of unbranched alkanes of at least 4 members (excludes halogenated alkanes) is 2. The molecule has 2 rings (SSSR count). The maximum atomic E-state index is 11.6. The number of nitrogens with two attached hydrogens (primary N) is 1. The molecular formula is C17H21NO3. The van der Waals surface area contributed by atoms with Gasteiger partial charge in [0.15, 0.2) is 6.10 Å². The first kappa shape index (κ1) is 15.3. The lowest BCUT2D eigenvalue weighted by Crippen LogP contribution is -2.30. The van der Waals surface area contributed by atoms with E-state index >= 15 is 0 Å². The Labute approximate surface area is 125 Å². The largest absolute Gasteiger partial charge is 0.449 e. The summed E-state index contributed by atoms with van der Waals surface area (Å²) in [6, 6.07) is 8.03. The number of ether oxygens (including phenoxy) is 1. The van der Waals surface area contributed by atoms with Crippen LogP contribution in [0.3, 0.4) is 0 Å². The van der Waals surface area contributed by atoms with Gasteiger partial charge < -0.3 is 10.5 Å². The van der Waals surface area contributed by atoms with E-state index in [0.717, 1.165) is 36.8 Å². The number of hydrogen-bond donors (Lipinski definition) is 1. The molecule has 0 spiro atoms. The number of primary amides is 1. The molecule has 1 aliphatic heterocycles. The number of aryl methyl sites for hydroxylation is 1. The van der Waals surface area contributed by atoms with Gasteiger partial charge in [-0.15, -0.1) is 0 Å². The van der Waals surface area contributed by atoms with E-state index in [0.29, 0.717) is 6.42 Å². The van der Waals surface area contributed by atoms with Crippen molar-refractivity contribution in [3.63, 3.8) is 0 Å². The number of allylic oxidation sites excluding steroid dienone is 1. The molecule has 0 aliphatic carbocycles. The van der Waals surface area contributed by atoms with Gasteiger partial charge in [0.1, 0.15) is 0 Å². The number of carbonyl (C=O) groups excluding carboxylic acids is 2. The Hall–Kier alpha value is -2.10. The van der Waals surface area contributed by atoms with Crippen LogP contribution in [-0.4, -0.2) is 11.9 Å². The van der Waals surface area contributed by atoms with Crippen LogP contribution < -0.4 is 5.73 Å². The molecule has 1 atom stereocenters. The fraction of sp³-hybridized carbons (Fsp3) is 0.412. The minimum Gasteiger partial charge on any atom is -0.449 e. The lowest BCUT2D eigenvalue weighted by atomic mass is 9.91. The molecule has 112 valence electrons. The van der Waals surface area contributed by atoms with Crippen LogP contribution in [0.2, 0.25) is 0 Å². The van der Waals surface area contributed by atoms with E-state index in [1.165, 1.54) is 5.56 Å². The van der Waals surface area contributed by atoms with Crippen molar-refractivity contribution < 1.29 is 14.3 Å². The molecule has 21 heavy (non-hydrogen) atoms. The number of benzene rings is 1. The number of carbonyl (C=O) groups is 2. The van der Waals surface area contributed by atoms with Gasteiger partial charge in [-0.2, -0.15) is 0 Å². The van der Waals surface area contributed by atoms with Crippen molar-refractivity contribution in [3.05, 3.63) is 47.0 Å². The van der Waals surface area contributed by atoms with E-state index in [4.69, 9.17) is 10.5 Å². The smallest absolute Gasteiger partial charge is 0.338 e. The first-order valence-electron chi connectivity index (χ1n) is 7.40. The molecule has 1 aromatic carbocycles. The SMILES string of the molecule is CCc1ccccc1C1OC(=O)C1=CCCCCC(N)=O. The van der Waals surface area contributed by atoms with E-state index in [2.05, 4.69) is 13.0 Å². The topological polar surface area (TPSA) is 69.4 Å². The Balaban J connectivity index is 1.98. The standard InChI is InChI=1S/C17H21NO3/c1-2-12-8-6-7-9-13(12)16-14(17(20)21-16)10-4-3-5-11-15(18)19/h6-10,16H,2-5,11H2,1H3,(H2,18,19). The van der Waals surface area contributed by atoms with Crippen LogP contribution in [0.5, 0.6) is 0 Å². The van der Waals surface area contributed by atoms with Gasteiger partial charge in [0, 0.05) is 12.0 Å². The Morgan fingerprint density at radius 3 is 2.76 bits per heavy atom. The highest BCUT2D eigenvalue weighted by molar-refractivity contribution is 5.96. The summed E-state index contributed by atoms with van der Waals surface area (Å²) in [6.45, 7) is 2.09. The molecule has 0 radical (unpaired) electrons. The van der Waals surface area contributed by atoms with Crippen molar-refractivity contribution in [2.24, 2.45) is 5.73 Å². The second-order valence-corrected chi connectivity index (χ2v) is 5.21. The van der Waals surface area contributed by atoms with Crippen molar-refractivity contribution in [1.29, 1.82) is 0 Å². The molecule has 1 aliphatic rings. The molecule has 1 fully saturated rings. The summed E-state index contributed by atoms with van der Waals surface area (Å²) >= 11 is 0. The van der Waals surface area contributed by atoms with Crippen LogP contribution in [0.15, 0.2) is 35.9 Å². The average molecular weight is 287 g/mol. The highest BCUT2D eigenvalue weighted by Crippen LogP contribution is 2.38. The molecule has 0 bridgehead atoms. The van der Waals surface area contributed by atoms with Crippen LogP contribution >= 0.6 is 0 Å². The van der Waals surface area contributed by atoms with Crippen molar-refractivity contribution in [1.82, 2.24) is 0 Å². The third kappa shape index (κ3) is 3.72. The van der Waals surface area contributed by atoms with Crippen molar-refractivity contribution in [2.45, 2.75) is 45.1 Å². The molecule has 1 heterocycles. The zero-order valence-electron chi connectivity index (χ0n) is 12.3. The third-order valence-electron chi connectivity index (χ3n) is 3.70. The summed E-state index contributed by atoms with van der Waals surface area (Å²) in [5.74, 6) is -0.513. The van der Waals surface area contributed by atoms with Crippen LogP contribution in [-0.2, 0) is 20.7 Å². The second kappa shape index (κ2) is 7.07. The van der Waals surface area contributed by atoms with Gasteiger partial charge in [0.25, 0.3) is 0 Å². The molecule has 4 nitrogen and oxygen atoms in total. The zero-order chi connectivity index (χ0) is 15.2. The van der Waals surface area contributed by atoms with Gasteiger partial charge in [-0.05, 0) is 31.2 Å². The van der Waals surface area contributed by atoms with Gasteiger partial charge in [0.2, 0.25) is 5.91 Å². The van der Waals surface area contributed by atoms with E-state index < -0.39 is 0 Å². The predicted octanol–water partition coefficient (Wildman–Crippen LogP) is 2.82. The quantitative estimate of drug-likeness (QED) is 0.476. The minimum atomic E-state index is -0.277. The van der Waals surface area contributed by atoms with Crippen LogP contribution in [0.4, 0.5) is 0 Å². The lowest BCUT2D eigenvalue weighted by Gasteiger charge is -2.30. The second-order valence-electron chi connectivity index (χ2n) is 5.21. The number of hydrogen-bond acceptors (Lipinski definition) is 3. The number of amides is 1. The molecule has 1 aromatic rings. The molecule has 0 saturated carbocycles. The lowest BCUT2D eigenvalue weighted by molar-refractivity contribution is -0.156. The molecular weight excluding hydrogens is 266 g/mol. The van der Waals surface area contributed by atoms with Crippen LogP contribution in [0, 0.1) is 0 Å². The van der Waals surface area contributed by atoms with Crippen molar-refractivity contribution in [3.8, 4) is 0 Å². The molecule has 4 heteroatoms. The fourth-order valence-electron chi connectivity index (χ4n) is 2.52. The number of cyclic esters (lactones) is 1. The normalized spacial score (nSPS) is 19.2. The minimum absolute atomic E-state index is 0.232. The summed E-state index contributed by atoms with van der Waals surface area (Å²) in [5.41, 5.74) is 8.10.